The molecule has 0 spiro atoms. The van der Waals surface area contributed by atoms with Crippen LogP contribution in [0.4, 0.5) is 0 Å². The van der Waals surface area contributed by atoms with Crippen LogP contribution in [0, 0.1) is 0 Å². The zero-order chi connectivity index (χ0) is 17.2. The van der Waals surface area contributed by atoms with E-state index in [0.29, 0.717) is 13.0 Å². The van der Waals surface area contributed by atoms with Crippen LogP contribution in [0.1, 0.15) is 27.2 Å². The minimum Gasteiger partial charge on any atom is -0.351 e. The SMILES string of the molecule is CC(C)(C)NC(=O)CCn1c(-c2ccncc2)cc2cccnc21. The molecule has 5 nitrogen and oxygen atoms in total. The maximum Gasteiger partial charge on any atom is 0.222 e. The van der Waals surface area contributed by atoms with E-state index in [1.807, 2.05) is 45.0 Å². The summed E-state index contributed by atoms with van der Waals surface area (Å²) in [6, 6.07) is 10.0. The molecule has 3 aromatic rings. The van der Waals surface area contributed by atoms with Gasteiger partial charge in [-0.15, -0.1) is 0 Å². The number of pyridine rings is 2. The van der Waals surface area contributed by atoms with Crippen molar-refractivity contribution in [3.63, 3.8) is 0 Å². The van der Waals surface area contributed by atoms with E-state index in [2.05, 4.69) is 25.9 Å². The molecule has 24 heavy (non-hydrogen) atoms. The van der Waals surface area contributed by atoms with Crippen LogP contribution in [0.5, 0.6) is 0 Å². The van der Waals surface area contributed by atoms with Crippen molar-refractivity contribution in [2.75, 3.05) is 0 Å². The number of amides is 1. The number of fused-ring (bicyclic) bond motifs is 1. The van der Waals surface area contributed by atoms with E-state index in [-0.39, 0.29) is 11.4 Å². The summed E-state index contributed by atoms with van der Waals surface area (Å²) in [6.45, 7) is 6.54. The van der Waals surface area contributed by atoms with Crippen LogP contribution in [-0.4, -0.2) is 26.0 Å². The normalized spacial score (nSPS) is 11.6. The molecule has 0 aliphatic heterocycles. The average Bonchev–Trinajstić information content (AvgIpc) is 2.91. The van der Waals surface area contributed by atoms with Crippen molar-refractivity contribution in [3.05, 3.63) is 48.9 Å². The van der Waals surface area contributed by atoms with Crippen LogP contribution < -0.4 is 5.32 Å². The molecule has 0 atom stereocenters. The third kappa shape index (κ3) is 3.62. The van der Waals surface area contributed by atoms with Crippen LogP contribution in [0.25, 0.3) is 22.3 Å². The fraction of sp³-hybridized carbons (Fsp3) is 0.316. The van der Waals surface area contributed by atoms with Crippen molar-refractivity contribution in [2.45, 2.75) is 39.3 Å². The van der Waals surface area contributed by atoms with Gasteiger partial charge in [0.05, 0.1) is 5.69 Å². The molecular weight excluding hydrogens is 300 g/mol. The topological polar surface area (TPSA) is 59.8 Å². The van der Waals surface area contributed by atoms with E-state index in [1.165, 1.54) is 0 Å². The van der Waals surface area contributed by atoms with Gasteiger partial charge in [0.15, 0.2) is 0 Å². The number of nitrogens with one attached hydrogen (secondary N) is 1. The average molecular weight is 322 g/mol. The standard InChI is InChI=1S/C19H22N4O/c1-19(2,3)22-17(24)8-12-23-16(14-6-10-20-11-7-14)13-15-5-4-9-21-18(15)23/h4-7,9-11,13H,8,12H2,1-3H3,(H,22,24). The Kier molecular flexibility index (Phi) is 4.34. The predicted octanol–water partition coefficient (Wildman–Crippen LogP) is 3.40. The van der Waals surface area contributed by atoms with E-state index in [0.717, 1.165) is 22.3 Å². The Morgan fingerprint density at radius 1 is 1.17 bits per heavy atom. The van der Waals surface area contributed by atoms with Gasteiger partial charge in [-0.2, -0.15) is 0 Å². The highest BCUT2D eigenvalue weighted by Crippen LogP contribution is 2.27. The van der Waals surface area contributed by atoms with Crippen LogP contribution in [-0.2, 0) is 11.3 Å². The van der Waals surface area contributed by atoms with E-state index in [1.54, 1.807) is 18.6 Å². The molecule has 0 fully saturated rings. The Morgan fingerprint density at radius 3 is 2.62 bits per heavy atom. The molecule has 3 heterocycles. The second-order valence-electron chi connectivity index (χ2n) is 6.88. The monoisotopic (exact) mass is 322 g/mol. The van der Waals surface area contributed by atoms with Gasteiger partial charge in [-0.1, -0.05) is 0 Å². The quantitative estimate of drug-likeness (QED) is 0.801. The van der Waals surface area contributed by atoms with Crippen LogP contribution in [0.3, 0.4) is 0 Å². The first-order valence-electron chi connectivity index (χ1n) is 8.10. The molecule has 1 N–H and O–H groups in total. The fourth-order valence-corrected chi connectivity index (χ4v) is 2.77. The molecule has 3 rings (SSSR count). The minimum absolute atomic E-state index is 0.0426. The van der Waals surface area contributed by atoms with Gasteiger partial charge in [0, 0.05) is 48.0 Å². The molecule has 0 unspecified atom stereocenters. The number of rotatable bonds is 4. The molecule has 0 saturated heterocycles. The Morgan fingerprint density at radius 2 is 1.92 bits per heavy atom. The van der Waals surface area contributed by atoms with E-state index in [9.17, 15) is 4.79 Å². The summed E-state index contributed by atoms with van der Waals surface area (Å²) in [5.41, 5.74) is 2.80. The number of aromatic nitrogens is 3. The Bertz CT molecular complexity index is 847. The molecule has 0 aliphatic carbocycles. The van der Waals surface area contributed by atoms with Crippen LogP contribution in [0.2, 0.25) is 0 Å². The molecule has 124 valence electrons. The number of aryl methyl sites for hydroxylation is 1. The van der Waals surface area contributed by atoms with Gasteiger partial charge in [-0.05, 0) is 51.1 Å². The van der Waals surface area contributed by atoms with Gasteiger partial charge in [0.25, 0.3) is 0 Å². The van der Waals surface area contributed by atoms with Crippen LogP contribution in [0.15, 0.2) is 48.9 Å². The molecule has 0 radical (unpaired) electrons. The second kappa shape index (κ2) is 6.43. The molecule has 3 aromatic heterocycles. The highest BCUT2D eigenvalue weighted by Gasteiger charge is 2.16. The first-order chi connectivity index (χ1) is 11.4. The maximum atomic E-state index is 12.2. The minimum atomic E-state index is -0.220. The van der Waals surface area contributed by atoms with Gasteiger partial charge >= 0.3 is 0 Å². The molecule has 0 saturated carbocycles. The Balaban J connectivity index is 1.92. The van der Waals surface area contributed by atoms with Gasteiger partial charge in [-0.3, -0.25) is 9.78 Å². The lowest BCUT2D eigenvalue weighted by atomic mass is 10.1. The lowest BCUT2D eigenvalue weighted by Crippen LogP contribution is -2.40. The van der Waals surface area contributed by atoms with Crippen molar-refractivity contribution >= 4 is 16.9 Å². The number of hydrogen-bond acceptors (Lipinski definition) is 3. The van der Waals surface area contributed by atoms with E-state index < -0.39 is 0 Å². The highest BCUT2D eigenvalue weighted by atomic mass is 16.1. The summed E-state index contributed by atoms with van der Waals surface area (Å²) < 4.78 is 2.10. The fourth-order valence-electron chi connectivity index (χ4n) is 2.77. The maximum absolute atomic E-state index is 12.2. The van der Waals surface area contributed by atoms with Crippen LogP contribution >= 0.6 is 0 Å². The number of carbonyl (C=O) groups excluding carboxylic acids is 1. The van der Waals surface area contributed by atoms with Gasteiger partial charge in [-0.25, -0.2) is 4.98 Å². The highest BCUT2D eigenvalue weighted by molar-refractivity contribution is 5.84. The lowest BCUT2D eigenvalue weighted by molar-refractivity contribution is -0.122. The number of carbonyl (C=O) groups is 1. The number of nitrogens with zero attached hydrogens (tertiary/aromatic N) is 3. The lowest BCUT2D eigenvalue weighted by Gasteiger charge is -2.20. The van der Waals surface area contributed by atoms with Crippen molar-refractivity contribution in [1.82, 2.24) is 19.9 Å². The molecule has 0 aliphatic rings. The third-order valence-electron chi connectivity index (χ3n) is 3.71. The van der Waals surface area contributed by atoms with E-state index >= 15 is 0 Å². The Labute approximate surface area is 141 Å². The summed E-state index contributed by atoms with van der Waals surface area (Å²) in [5.74, 6) is 0.0426. The summed E-state index contributed by atoms with van der Waals surface area (Å²) in [7, 11) is 0. The smallest absolute Gasteiger partial charge is 0.222 e. The summed E-state index contributed by atoms with van der Waals surface area (Å²) in [6.07, 6.45) is 5.74. The Hall–Kier alpha value is -2.69. The first kappa shape index (κ1) is 16.2. The summed E-state index contributed by atoms with van der Waals surface area (Å²) >= 11 is 0. The largest absolute Gasteiger partial charge is 0.351 e. The van der Waals surface area contributed by atoms with Crippen molar-refractivity contribution in [2.24, 2.45) is 0 Å². The predicted molar refractivity (Wildman–Crippen MR) is 95.5 cm³/mol. The van der Waals surface area contributed by atoms with Crippen molar-refractivity contribution in [3.8, 4) is 11.3 Å². The zero-order valence-electron chi connectivity index (χ0n) is 14.3. The van der Waals surface area contributed by atoms with Crippen molar-refractivity contribution < 1.29 is 4.79 Å². The van der Waals surface area contributed by atoms with E-state index in [4.69, 9.17) is 0 Å². The third-order valence-corrected chi connectivity index (χ3v) is 3.71. The first-order valence-corrected chi connectivity index (χ1v) is 8.10. The van der Waals surface area contributed by atoms with Gasteiger partial charge in [0.1, 0.15) is 5.65 Å². The second-order valence-corrected chi connectivity index (χ2v) is 6.88. The van der Waals surface area contributed by atoms with Gasteiger partial charge < -0.3 is 9.88 Å². The molecule has 1 amide bonds. The van der Waals surface area contributed by atoms with Crippen molar-refractivity contribution in [1.29, 1.82) is 0 Å². The zero-order valence-corrected chi connectivity index (χ0v) is 14.3. The molecule has 0 bridgehead atoms. The van der Waals surface area contributed by atoms with Gasteiger partial charge in [0.2, 0.25) is 5.91 Å². The number of hydrogen-bond donors (Lipinski definition) is 1. The molecule has 5 heteroatoms. The summed E-state index contributed by atoms with van der Waals surface area (Å²) in [4.78, 5) is 20.8. The molecular formula is C19H22N4O. The molecule has 0 aromatic carbocycles. The summed E-state index contributed by atoms with van der Waals surface area (Å²) in [5, 5.41) is 4.08.